The van der Waals surface area contributed by atoms with Crippen LogP contribution in [0.25, 0.3) is 0 Å². The summed E-state index contributed by atoms with van der Waals surface area (Å²) in [6.45, 7) is 2.71. The molecule has 0 aliphatic heterocycles. The number of nitrogens with zero attached hydrogens (tertiary/aromatic N) is 2. The summed E-state index contributed by atoms with van der Waals surface area (Å²) < 4.78 is 10.8. The highest BCUT2D eigenvalue weighted by Gasteiger charge is 2.26. The van der Waals surface area contributed by atoms with Gasteiger partial charge in [0.05, 0.1) is 25.0 Å². The largest absolute Gasteiger partial charge is 0.467 e. The lowest BCUT2D eigenvalue weighted by molar-refractivity contribution is -0.134. The standard InChI is InChI=1S/C29H31N3O4/c1-4-25(21-10-6-5-7-11-21)29(34)32(20-24-12-8-16-35-24)19-22-18-23(14-15-26(22)31(2)3)30-28(33)27-13-9-17-36-27/h5-18,25H,4,19-20H2,1-3H3,(H,30,33)/t25-/m1/s1. The number of carbonyl (C=O) groups is 2. The highest BCUT2D eigenvalue weighted by atomic mass is 16.3. The van der Waals surface area contributed by atoms with E-state index in [4.69, 9.17) is 8.83 Å². The number of hydrogen-bond acceptors (Lipinski definition) is 5. The first kappa shape index (κ1) is 24.9. The number of amides is 2. The van der Waals surface area contributed by atoms with Gasteiger partial charge in [0.15, 0.2) is 5.76 Å². The maximum absolute atomic E-state index is 13.9. The van der Waals surface area contributed by atoms with Gasteiger partial charge in [-0.15, -0.1) is 0 Å². The summed E-state index contributed by atoms with van der Waals surface area (Å²) in [5, 5.41) is 2.89. The highest BCUT2D eigenvalue weighted by molar-refractivity contribution is 6.02. The van der Waals surface area contributed by atoms with Gasteiger partial charge in [-0.1, -0.05) is 37.3 Å². The van der Waals surface area contributed by atoms with Gasteiger partial charge < -0.3 is 24.0 Å². The molecule has 2 amide bonds. The van der Waals surface area contributed by atoms with E-state index in [2.05, 4.69) is 5.32 Å². The summed E-state index contributed by atoms with van der Waals surface area (Å²) in [6.07, 6.45) is 3.75. The molecule has 0 radical (unpaired) electrons. The van der Waals surface area contributed by atoms with E-state index in [0.29, 0.717) is 31.0 Å². The quantitative estimate of drug-likeness (QED) is 0.302. The van der Waals surface area contributed by atoms with Crippen molar-refractivity contribution in [3.8, 4) is 0 Å². The Bertz CT molecular complexity index is 1270. The summed E-state index contributed by atoms with van der Waals surface area (Å²) in [4.78, 5) is 30.3. The molecule has 2 heterocycles. The minimum atomic E-state index is -0.331. The van der Waals surface area contributed by atoms with Crippen LogP contribution in [0.15, 0.2) is 94.2 Å². The first-order valence-corrected chi connectivity index (χ1v) is 12.0. The molecular formula is C29H31N3O4. The molecule has 4 rings (SSSR count). The monoisotopic (exact) mass is 485 g/mol. The summed E-state index contributed by atoms with van der Waals surface area (Å²) in [5.41, 5.74) is 3.47. The van der Waals surface area contributed by atoms with Crippen molar-refractivity contribution in [3.05, 3.63) is 108 Å². The van der Waals surface area contributed by atoms with Crippen LogP contribution in [0.3, 0.4) is 0 Å². The first-order chi connectivity index (χ1) is 17.5. The van der Waals surface area contributed by atoms with Crippen LogP contribution in [0.2, 0.25) is 0 Å². The third kappa shape index (κ3) is 5.86. The van der Waals surface area contributed by atoms with E-state index in [1.807, 2.05) is 91.5 Å². The Hall–Kier alpha value is -4.26. The van der Waals surface area contributed by atoms with Gasteiger partial charge in [-0.25, -0.2) is 0 Å². The molecule has 0 bridgehead atoms. The van der Waals surface area contributed by atoms with Crippen molar-refractivity contribution >= 4 is 23.2 Å². The molecule has 7 heteroatoms. The fraction of sp³-hybridized carbons (Fsp3) is 0.241. The summed E-state index contributed by atoms with van der Waals surface area (Å²) in [5.74, 6) is 0.360. The van der Waals surface area contributed by atoms with Crippen LogP contribution in [0.5, 0.6) is 0 Å². The maximum Gasteiger partial charge on any atom is 0.291 e. The van der Waals surface area contributed by atoms with Crippen LogP contribution >= 0.6 is 0 Å². The van der Waals surface area contributed by atoms with Gasteiger partial charge in [-0.05, 0) is 60.0 Å². The molecule has 1 N–H and O–H groups in total. The van der Waals surface area contributed by atoms with Gasteiger partial charge in [0.1, 0.15) is 5.76 Å². The van der Waals surface area contributed by atoms with Crippen molar-refractivity contribution in [2.75, 3.05) is 24.3 Å². The Balaban J connectivity index is 1.65. The SMILES string of the molecule is CC[C@@H](C(=O)N(Cc1ccco1)Cc1cc(NC(=O)c2ccco2)ccc1N(C)C)c1ccccc1. The fourth-order valence-electron chi connectivity index (χ4n) is 4.29. The van der Waals surface area contributed by atoms with Gasteiger partial charge in [0.25, 0.3) is 5.91 Å². The third-order valence-corrected chi connectivity index (χ3v) is 6.07. The Morgan fingerprint density at radius 2 is 1.64 bits per heavy atom. The predicted octanol–water partition coefficient (Wildman–Crippen LogP) is 5.91. The Kier molecular flexibility index (Phi) is 7.90. The molecule has 1 atom stereocenters. The molecule has 2 aromatic carbocycles. The number of carbonyl (C=O) groups excluding carboxylic acids is 2. The van der Waals surface area contributed by atoms with E-state index in [0.717, 1.165) is 16.8 Å². The van der Waals surface area contributed by atoms with E-state index < -0.39 is 0 Å². The summed E-state index contributed by atoms with van der Waals surface area (Å²) >= 11 is 0. The zero-order chi connectivity index (χ0) is 25.5. The number of hydrogen-bond donors (Lipinski definition) is 1. The van der Waals surface area contributed by atoms with Crippen LogP contribution in [-0.4, -0.2) is 30.8 Å². The second-order valence-corrected chi connectivity index (χ2v) is 8.81. The highest BCUT2D eigenvalue weighted by Crippen LogP contribution is 2.29. The Morgan fingerprint density at radius 3 is 2.28 bits per heavy atom. The van der Waals surface area contributed by atoms with Crippen molar-refractivity contribution < 1.29 is 18.4 Å². The molecule has 2 aromatic heterocycles. The number of nitrogens with one attached hydrogen (secondary N) is 1. The van der Waals surface area contributed by atoms with Crippen molar-refractivity contribution in [2.45, 2.75) is 32.4 Å². The molecule has 0 aliphatic carbocycles. The van der Waals surface area contributed by atoms with Crippen LogP contribution < -0.4 is 10.2 Å². The molecule has 0 saturated carbocycles. The average molecular weight is 486 g/mol. The van der Waals surface area contributed by atoms with Crippen LogP contribution in [-0.2, 0) is 17.9 Å². The predicted molar refractivity (Wildman–Crippen MR) is 140 cm³/mol. The molecular weight excluding hydrogens is 454 g/mol. The maximum atomic E-state index is 13.9. The molecule has 0 spiro atoms. The topological polar surface area (TPSA) is 78.9 Å². The van der Waals surface area contributed by atoms with E-state index >= 15 is 0 Å². The molecule has 0 fully saturated rings. The van der Waals surface area contributed by atoms with Gasteiger partial charge >= 0.3 is 0 Å². The Labute approximate surface area is 211 Å². The number of benzene rings is 2. The zero-order valence-corrected chi connectivity index (χ0v) is 20.8. The van der Waals surface area contributed by atoms with Crippen molar-refractivity contribution in [2.24, 2.45) is 0 Å². The van der Waals surface area contributed by atoms with Crippen LogP contribution in [0.1, 0.15) is 46.7 Å². The molecule has 7 nitrogen and oxygen atoms in total. The van der Waals surface area contributed by atoms with Gasteiger partial charge in [0.2, 0.25) is 5.91 Å². The number of furan rings is 2. The lowest BCUT2D eigenvalue weighted by Crippen LogP contribution is -2.34. The third-order valence-electron chi connectivity index (χ3n) is 6.07. The van der Waals surface area contributed by atoms with Gasteiger partial charge in [-0.3, -0.25) is 9.59 Å². The second kappa shape index (κ2) is 11.4. The minimum absolute atomic E-state index is 0.0230. The smallest absolute Gasteiger partial charge is 0.291 e. The molecule has 0 saturated heterocycles. The molecule has 0 aliphatic rings. The minimum Gasteiger partial charge on any atom is -0.467 e. The van der Waals surface area contributed by atoms with E-state index in [-0.39, 0.29) is 23.5 Å². The van der Waals surface area contributed by atoms with Crippen LogP contribution in [0.4, 0.5) is 11.4 Å². The van der Waals surface area contributed by atoms with Crippen molar-refractivity contribution in [3.63, 3.8) is 0 Å². The van der Waals surface area contributed by atoms with Crippen molar-refractivity contribution in [1.29, 1.82) is 0 Å². The summed E-state index contributed by atoms with van der Waals surface area (Å²) in [7, 11) is 3.91. The van der Waals surface area contributed by atoms with Gasteiger partial charge in [0, 0.05) is 32.0 Å². The normalized spacial score (nSPS) is 11.6. The second-order valence-electron chi connectivity index (χ2n) is 8.81. The summed E-state index contributed by atoms with van der Waals surface area (Å²) in [6, 6.07) is 22.5. The number of rotatable bonds is 10. The zero-order valence-electron chi connectivity index (χ0n) is 20.8. The van der Waals surface area contributed by atoms with E-state index in [9.17, 15) is 9.59 Å². The van der Waals surface area contributed by atoms with E-state index in [1.54, 1.807) is 18.4 Å². The van der Waals surface area contributed by atoms with Gasteiger partial charge in [-0.2, -0.15) is 0 Å². The molecule has 4 aromatic rings. The lowest BCUT2D eigenvalue weighted by Gasteiger charge is -2.29. The number of anilines is 2. The lowest BCUT2D eigenvalue weighted by atomic mass is 9.94. The molecule has 186 valence electrons. The van der Waals surface area contributed by atoms with Crippen molar-refractivity contribution in [1.82, 2.24) is 4.90 Å². The van der Waals surface area contributed by atoms with E-state index in [1.165, 1.54) is 6.26 Å². The first-order valence-electron chi connectivity index (χ1n) is 12.0. The Morgan fingerprint density at radius 1 is 0.889 bits per heavy atom. The molecule has 36 heavy (non-hydrogen) atoms. The average Bonchev–Trinajstić information content (AvgIpc) is 3.59. The fourth-order valence-corrected chi connectivity index (χ4v) is 4.29. The van der Waals surface area contributed by atoms with Crippen LogP contribution in [0, 0.1) is 0 Å². The molecule has 0 unspecified atom stereocenters.